The van der Waals surface area contributed by atoms with E-state index in [1.807, 2.05) is 13.8 Å². The Hall–Kier alpha value is -1.58. The van der Waals surface area contributed by atoms with Gasteiger partial charge in [-0.25, -0.2) is 9.78 Å². The van der Waals surface area contributed by atoms with E-state index in [9.17, 15) is 4.79 Å². The number of nitrogens with zero attached hydrogens (tertiary/aromatic N) is 2. The van der Waals surface area contributed by atoms with Crippen molar-refractivity contribution in [1.29, 1.82) is 0 Å². The van der Waals surface area contributed by atoms with E-state index >= 15 is 0 Å². The van der Waals surface area contributed by atoms with Gasteiger partial charge in [-0.3, -0.25) is 5.32 Å². The number of aliphatic hydroxyl groups excluding tert-OH is 1. The minimum atomic E-state index is -0.182. The summed E-state index contributed by atoms with van der Waals surface area (Å²) in [6.07, 6.45) is 1.57. The molecule has 0 saturated heterocycles. The predicted molar refractivity (Wildman–Crippen MR) is 68.0 cm³/mol. The zero-order valence-electron chi connectivity index (χ0n) is 9.86. The highest BCUT2D eigenvalue weighted by Gasteiger charge is 2.11. The second-order valence-corrected chi connectivity index (χ2v) is 4.12. The monoisotopic (exact) mass is 253 g/mol. The number of rotatable bonds is 3. The molecule has 6 heteroatoms. The van der Waals surface area contributed by atoms with Crippen LogP contribution in [0.3, 0.4) is 0 Å². The van der Waals surface area contributed by atoms with E-state index in [0.717, 1.165) is 0 Å². The summed E-state index contributed by atoms with van der Waals surface area (Å²) in [7, 11) is 0. The maximum Gasteiger partial charge on any atom is 0.323 e. The number of hydrogen-bond donors (Lipinski definition) is 2. The van der Waals surface area contributed by atoms with Gasteiger partial charge in [0.15, 0.2) is 5.13 Å². The van der Waals surface area contributed by atoms with Gasteiger partial charge in [0.05, 0.1) is 11.1 Å². The van der Waals surface area contributed by atoms with Crippen molar-refractivity contribution in [2.45, 2.75) is 13.8 Å². The van der Waals surface area contributed by atoms with Crippen molar-refractivity contribution in [3.8, 4) is 11.8 Å². The Morgan fingerprint density at radius 3 is 2.88 bits per heavy atom. The molecule has 0 fully saturated rings. The van der Waals surface area contributed by atoms with Gasteiger partial charge in [-0.15, -0.1) is 0 Å². The lowest BCUT2D eigenvalue weighted by atomic mass is 10.5. The predicted octanol–water partition coefficient (Wildman–Crippen LogP) is 1.36. The molecule has 1 rings (SSSR count). The summed E-state index contributed by atoms with van der Waals surface area (Å²) in [5.41, 5.74) is 0. The van der Waals surface area contributed by atoms with Crippen LogP contribution < -0.4 is 5.32 Å². The van der Waals surface area contributed by atoms with Crippen molar-refractivity contribution in [2.75, 3.05) is 25.0 Å². The van der Waals surface area contributed by atoms with E-state index in [1.165, 1.54) is 11.3 Å². The number of hydrogen-bond acceptors (Lipinski definition) is 4. The Morgan fingerprint density at radius 2 is 2.29 bits per heavy atom. The van der Waals surface area contributed by atoms with Gasteiger partial charge in [-0.2, -0.15) is 0 Å². The van der Waals surface area contributed by atoms with Gasteiger partial charge >= 0.3 is 6.03 Å². The number of amides is 2. The van der Waals surface area contributed by atoms with Crippen molar-refractivity contribution in [1.82, 2.24) is 9.88 Å². The molecule has 1 heterocycles. The maximum absolute atomic E-state index is 11.7. The summed E-state index contributed by atoms with van der Waals surface area (Å²) in [6.45, 7) is 4.97. The average Bonchev–Trinajstić information content (AvgIpc) is 2.75. The minimum absolute atomic E-state index is 0.161. The summed E-state index contributed by atoms with van der Waals surface area (Å²) in [5, 5.41) is 11.8. The third kappa shape index (κ3) is 4.06. The zero-order chi connectivity index (χ0) is 12.7. The standard InChI is InChI=1S/C11H15N3O2S/c1-3-14(4-2)11(16)13-10-12-8-9(17-10)6-5-7-15/h8,15H,3-4,7H2,1-2H3,(H,12,13,16). The highest BCUT2D eigenvalue weighted by molar-refractivity contribution is 7.16. The van der Waals surface area contributed by atoms with Gasteiger partial charge in [-0.05, 0) is 13.8 Å². The molecule has 5 nitrogen and oxygen atoms in total. The first-order valence-electron chi connectivity index (χ1n) is 5.32. The van der Waals surface area contributed by atoms with Crippen LogP contribution in [-0.2, 0) is 0 Å². The van der Waals surface area contributed by atoms with Gasteiger partial charge in [-0.1, -0.05) is 23.2 Å². The van der Waals surface area contributed by atoms with E-state index in [1.54, 1.807) is 11.1 Å². The van der Waals surface area contributed by atoms with E-state index in [4.69, 9.17) is 5.11 Å². The van der Waals surface area contributed by atoms with E-state index < -0.39 is 0 Å². The number of nitrogens with one attached hydrogen (secondary N) is 1. The topological polar surface area (TPSA) is 65.5 Å². The number of urea groups is 1. The van der Waals surface area contributed by atoms with Crippen LogP contribution in [0.2, 0.25) is 0 Å². The normalized spacial score (nSPS) is 9.35. The molecular formula is C11H15N3O2S. The van der Waals surface area contributed by atoms with Crippen LogP contribution >= 0.6 is 11.3 Å². The first kappa shape index (κ1) is 13.5. The van der Waals surface area contributed by atoms with E-state index in [0.29, 0.717) is 23.1 Å². The first-order valence-corrected chi connectivity index (χ1v) is 6.14. The van der Waals surface area contributed by atoms with Crippen LogP contribution in [0.1, 0.15) is 18.7 Å². The zero-order valence-corrected chi connectivity index (χ0v) is 10.7. The van der Waals surface area contributed by atoms with Gasteiger partial charge in [0.2, 0.25) is 0 Å². The summed E-state index contributed by atoms with van der Waals surface area (Å²) < 4.78 is 0. The second kappa shape index (κ2) is 6.89. The second-order valence-electron chi connectivity index (χ2n) is 3.09. The molecule has 1 aromatic heterocycles. The smallest absolute Gasteiger partial charge is 0.323 e. The number of aromatic nitrogens is 1. The van der Waals surface area contributed by atoms with E-state index in [-0.39, 0.29) is 12.6 Å². The van der Waals surface area contributed by atoms with Crippen molar-refractivity contribution in [3.63, 3.8) is 0 Å². The third-order valence-electron chi connectivity index (χ3n) is 2.06. The minimum Gasteiger partial charge on any atom is -0.384 e. The van der Waals surface area contributed by atoms with Crippen molar-refractivity contribution in [2.24, 2.45) is 0 Å². The number of aliphatic hydroxyl groups is 1. The van der Waals surface area contributed by atoms with Crippen LogP contribution in [0.15, 0.2) is 6.20 Å². The van der Waals surface area contributed by atoms with Crippen LogP contribution in [0.25, 0.3) is 0 Å². The molecule has 0 aliphatic carbocycles. The molecule has 0 saturated carbocycles. The maximum atomic E-state index is 11.7. The summed E-state index contributed by atoms with van der Waals surface area (Å²) in [4.78, 5) is 18.1. The summed E-state index contributed by atoms with van der Waals surface area (Å²) >= 11 is 1.29. The van der Waals surface area contributed by atoms with Crippen LogP contribution in [0.5, 0.6) is 0 Å². The molecule has 0 unspecified atom stereocenters. The first-order chi connectivity index (χ1) is 8.21. The molecule has 2 amide bonds. The molecule has 0 aliphatic heterocycles. The quantitative estimate of drug-likeness (QED) is 0.799. The lowest BCUT2D eigenvalue weighted by Crippen LogP contribution is -2.34. The Labute approximate surface area is 104 Å². The van der Waals surface area contributed by atoms with Gasteiger partial charge in [0.25, 0.3) is 0 Å². The SMILES string of the molecule is CCN(CC)C(=O)Nc1ncc(C#CCO)s1. The largest absolute Gasteiger partial charge is 0.384 e. The Morgan fingerprint density at radius 1 is 1.59 bits per heavy atom. The average molecular weight is 253 g/mol. The van der Waals surface area contributed by atoms with Gasteiger partial charge < -0.3 is 10.0 Å². The number of carbonyl (C=O) groups excluding carboxylic acids is 1. The fraction of sp³-hybridized carbons (Fsp3) is 0.455. The van der Waals surface area contributed by atoms with Gasteiger partial charge in [0.1, 0.15) is 6.61 Å². The molecule has 2 N–H and O–H groups in total. The molecule has 0 spiro atoms. The molecule has 0 aromatic carbocycles. The molecule has 92 valence electrons. The Bertz CT molecular complexity index is 429. The fourth-order valence-electron chi connectivity index (χ4n) is 1.20. The molecule has 17 heavy (non-hydrogen) atoms. The van der Waals surface area contributed by atoms with Crippen molar-refractivity contribution >= 4 is 22.5 Å². The molecule has 0 bridgehead atoms. The summed E-state index contributed by atoms with van der Waals surface area (Å²) in [5.74, 6) is 5.27. The van der Waals surface area contributed by atoms with Crippen molar-refractivity contribution in [3.05, 3.63) is 11.1 Å². The number of anilines is 1. The summed E-state index contributed by atoms with van der Waals surface area (Å²) in [6, 6.07) is -0.161. The number of carbonyl (C=O) groups is 1. The third-order valence-corrected chi connectivity index (χ3v) is 2.89. The highest BCUT2D eigenvalue weighted by Crippen LogP contribution is 2.17. The molecule has 1 aromatic rings. The molecular weight excluding hydrogens is 238 g/mol. The molecule has 0 atom stereocenters. The lowest BCUT2D eigenvalue weighted by molar-refractivity contribution is 0.217. The lowest BCUT2D eigenvalue weighted by Gasteiger charge is -2.17. The van der Waals surface area contributed by atoms with Crippen molar-refractivity contribution < 1.29 is 9.90 Å². The molecule has 0 radical (unpaired) electrons. The van der Waals surface area contributed by atoms with Crippen LogP contribution in [-0.4, -0.2) is 40.7 Å². The van der Waals surface area contributed by atoms with Crippen LogP contribution in [0, 0.1) is 11.8 Å². The number of thiazole rings is 1. The Kier molecular flexibility index (Phi) is 5.46. The Balaban J connectivity index is 2.63. The van der Waals surface area contributed by atoms with Gasteiger partial charge in [0, 0.05) is 13.1 Å². The fourth-order valence-corrected chi connectivity index (χ4v) is 1.88. The van der Waals surface area contributed by atoms with Crippen LogP contribution in [0.4, 0.5) is 9.93 Å². The molecule has 0 aliphatic rings. The van der Waals surface area contributed by atoms with E-state index in [2.05, 4.69) is 22.1 Å². The highest BCUT2D eigenvalue weighted by atomic mass is 32.1.